The number of benzene rings is 1. The fourth-order valence-corrected chi connectivity index (χ4v) is 4.52. The lowest BCUT2D eigenvalue weighted by atomic mass is 9.91. The third-order valence-corrected chi connectivity index (χ3v) is 6.42. The number of hydrogen-bond donors (Lipinski definition) is 1. The predicted octanol–water partition coefficient (Wildman–Crippen LogP) is 2.61. The number of carbonyl (C=O) groups is 1. The molecule has 1 fully saturated rings. The molecule has 0 aromatic heterocycles. The number of aliphatic carboxylic acids is 1. The van der Waals surface area contributed by atoms with Gasteiger partial charge in [0.25, 0.3) is 0 Å². The van der Waals surface area contributed by atoms with Gasteiger partial charge in [-0.05, 0) is 60.3 Å². The number of nitrogens with zero attached hydrogens (tertiary/aromatic N) is 1. The van der Waals surface area contributed by atoms with Crippen LogP contribution in [0, 0.1) is 5.82 Å². The maximum absolute atomic E-state index is 13.6. The van der Waals surface area contributed by atoms with E-state index in [1.165, 1.54) is 19.1 Å². The summed E-state index contributed by atoms with van der Waals surface area (Å²) in [5, 5.41) is 9.39. The summed E-state index contributed by atoms with van der Waals surface area (Å²) in [6.07, 6.45) is 1.46. The normalized spacial score (nSPS) is 24.0. The summed E-state index contributed by atoms with van der Waals surface area (Å²) < 4.78 is 40.0. The Kier molecular flexibility index (Phi) is 4.41. The first-order chi connectivity index (χ1) is 9.69. The molecule has 0 radical (unpaired) electrons. The lowest BCUT2D eigenvalue weighted by molar-refractivity contribution is -0.149. The van der Waals surface area contributed by atoms with Crippen molar-refractivity contribution in [2.24, 2.45) is 0 Å². The lowest BCUT2D eigenvalue weighted by Crippen LogP contribution is -2.57. The van der Waals surface area contributed by atoms with Crippen molar-refractivity contribution in [1.82, 2.24) is 4.31 Å². The molecule has 1 unspecified atom stereocenters. The maximum atomic E-state index is 13.6. The Bertz CT molecular complexity index is 679. The van der Waals surface area contributed by atoms with E-state index in [9.17, 15) is 22.7 Å². The van der Waals surface area contributed by atoms with Crippen LogP contribution in [0.1, 0.15) is 26.2 Å². The topological polar surface area (TPSA) is 74.7 Å². The minimum absolute atomic E-state index is 0.114. The minimum Gasteiger partial charge on any atom is -0.480 e. The Hall–Kier alpha value is -0.990. The second-order valence-electron chi connectivity index (χ2n) is 5.19. The molecule has 1 aromatic carbocycles. The van der Waals surface area contributed by atoms with E-state index in [2.05, 4.69) is 15.9 Å². The number of hydrogen-bond acceptors (Lipinski definition) is 3. The number of sulfonamides is 1. The SMILES string of the molecule is CC1(C(=O)O)CCCCN1S(=O)(=O)c1ccc(Br)c(F)c1. The molecule has 1 atom stereocenters. The second kappa shape index (κ2) is 5.66. The zero-order chi connectivity index (χ0) is 15.8. The van der Waals surface area contributed by atoms with Crippen LogP contribution in [0.4, 0.5) is 4.39 Å². The first kappa shape index (κ1) is 16.4. The molecule has 0 amide bonds. The first-order valence-electron chi connectivity index (χ1n) is 6.41. The Labute approximate surface area is 130 Å². The highest BCUT2D eigenvalue weighted by molar-refractivity contribution is 9.10. The summed E-state index contributed by atoms with van der Waals surface area (Å²) in [5.74, 6) is -1.89. The Morgan fingerprint density at radius 1 is 1.43 bits per heavy atom. The van der Waals surface area contributed by atoms with Crippen molar-refractivity contribution in [3.63, 3.8) is 0 Å². The van der Waals surface area contributed by atoms with Gasteiger partial charge in [-0.15, -0.1) is 0 Å². The van der Waals surface area contributed by atoms with E-state index in [-0.39, 0.29) is 22.3 Å². The highest BCUT2D eigenvalue weighted by Gasteiger charge is 2.47. The number of halogens is 2. The molecule has 2 rings (SSSR count). The standard InChI is InChI=1S/C13H15BrFNO4S/c1-13(12(17)18)6-2-3-7-16(13)21(19,20)9-4-5-10(14)11(15)8-9/h4-5,8H,2-3,6-7H2,1H3,(H,17,18). The molecule has 1 saturated heterocycles. The van der Waals surface area contributed by atoms with Gasteiger partial charge in [0.15, 0.2) is 0 Å². The molecule has 0 saturated carbocycles. The van der Waals surface area contributed by atoms with Crippen LogP contribution in [-0.4, -0.2) is 35.9 Å². The van der Waals surface area contributed by atoms with E-state index < -0.39 is 27.3 Å². The number of carboxylic acid groups (broad SMARTS) is 1. The van der Waals surface area contributed by atoms with Gasteiger partial charge in [-0.3, -0.25) is 4.79 Å². The molecule has 1 aliphatic rings. The quantitative estimate of drug-likeness (QED) is 0.875. The van der Waals surface area contributed by atoms with Crippen LogP contribution >= 0.6 is 15.9 Å². The van der Waals surface area contributed by atoms with Crippen molar-refractivity contribution in [3.05, 3.63) is 28.5 Å². The number of carboxylic acids is 1. The molecule has 0 aliphatic carbocycles. The van der Waals surface area contributed by atoms with E-state index in [1.54, 1.807) is 0 Å². The lowest BCUT2D eigenvalue weighted by Gasteiger charge is -2.40. The van der Waals surface area contributed by atoms with E-state index in [1.807, 2.05) is 0 Å². The van der Waals surface area contributed by atoms with Crippen molar-refractivity contribution in [1.29, 1.82) is 0 Å². The molecule has 116 valence electrons. The van der Waals surface area contributed by atoms with Crippen LogP contribution in [-0.2, 0) is 14.8 Å². The van der Waals surface area contributed by atoms with Crippen molar-refractivity contribution in [3.8, 4) is 0 Å². The van der Waals surface area contributed by atoms with Crippen LogP contribution < -0.4 is 0 Å². The number of piperidine rings is 1. The van der Waals surface area contributed by atoms with Gasteiger partial charge >= 0.3 is 5.97 Å². The maximum Gasteiger partial charge on any atom is 0.324 e. The van der Waals surface area contributed by atoms with Gasteiger partial charge in [-0.1, -0.05) is 0 Å². The van der Waals surface area contributed by atoms with Gasteiger partial charge in [-0.2, -0.15) is 4.31 Å². The van der Waals surface area contributed by atoms with Crippen molar-refractivity contribution >= 4 is 31.9 Å². The molecule has 8 heteroatoms. The first-order valence-corrected chi connectivity index (χ1v) is 8.64. The third kappa shape index (κ3) is 2.84. The fourth-order valence-electron chi connectivity index (χ4n) is 2.46. The van der Waals surface area contributed by atoms with E-state index >= 15 is 0 Å². The summed E-state index contributed by atoms with van der Waals surface area (Å²) in [6, 6.07) is 3.46. The van der Waals surface area contributed by atoms with Crippen molar-refractivity contribution in [2.75, 3.05) is 6.54 Å². The molecule has 0 spiro atoms. The smallest absolute Gasteiger partial charge is 0.324 e. The van der Waals surface area contributed by atoms with E-state index in [0.717, 1.165) is 10.4 Å². The molecule has 1 N–H and O–H groups in total. The molecule has 21 heavy (non-hydrogen) atoms. The largest absolute Gasteiger partial charge is 0.480 e. The van der Waals surface area contributed by atoms with Gasteiger partial charge in [0, 0.05) is 6.54 Å². The second-order valence-corrected chi connectivity index (χ2v) is 7.91. The van der Waals surface area contributed by atoms with Gasteiger partial charge in [0.2, 0.25) is 10.0 Å². The van der Waals surface area contributed by atoms with Crippen LogP contribution in [0.3, 0.4) is 0 Å². The highest BCUT2D eigenvalue weighted by Crippen LogP contribution is 2.34. The average molecular weight is 380 g/mol. The monoisotopic (exact) mass is 379 g/mol. The van der Waals surface area contributed by atoms with Crippen LogP contribution in [0.5, 0.6) is 0 Å². The van der Waals surface area contributed by atoms with E-state index in [4.69, 9.17) is 0 Å². The third-order valence-electron chi connectivity index (χ3n) is 3.77. The molecule has 1 heterocycles. The molecular formula is C13H15BrFNO4S. The Morgan fingerprint density at radius 3 is 2.67 bits per heavy atom. The molecule has 1 aromatic rings. The number of rotatable bonds is 3. The predicted molar refractivity (Wildman–Crippen MR) is 77.9 cm³/mol. The van der Waals surface area contributed by atoms with Gasteiger partial charge < -0.3 is 5.11 Å². The highest BCUT2D eigenvalue weighted by atomic mass is 79.9. The summed E-state index contributed by atoms with van der Waals surface area (Å²) in [5.41, 5.74) is -1.50. The zero-order valence-electron chi connectivity index (χ0n) is 11.3. The van der Waals surface area contributed by atoms with Crippen molar-refractivity contribution in [2.45, 2.75) is 36.6 Å². The van der Waals surface area contributed by atoms with Crippen LogP contribution in [0.25, 0.3) is 0 Å². The van der Waals surface area contributed by atoms with Crippen molar-refractivity contribution < 1.29 is 22.7 Å². The van der Waals surface area contributed by atoms with Crippen LogP contribution in [0.15, 0.2) is 27.6 Å². The van der Waals surface area contributed by atoms with Gasteiger partial charge in [0.05, 0.1) is 9.37 Å². The summed E-state index contributed by atoms with van der Waals surface area (Å²) in [6.45, 7) is 1.50. The van der Waals surface area contributed by atoms with E-state index in [0.29, 0.717) is 12.8 Å². The zero-order valence-corrected chi connectivity index (χ0v) is 13.7. The molecule has 0 bridgehead atoms. The molecule has 1 aliphatic heterocycles. The Morgan fingerprint density at radius 2 is 2.10 bits per heavy atom. The molecule has 5 nitrogen and oxygen atoms in total. The van der Waals surface area contributed by atoms with Gasteiger partial charge in [-0.25, -0.2) is 12.8 Å². The Balaban J connectivity index is 2.50. The summed E-state index contributed by atoms with van der Waals surface area (Å²) in [4.78, 5) is 11.3. The van der Waals surface area contributed by atoms with Crippen LogP contribution in [0.2, 0.25) is 0 Å². The molecular weight excluding hydrogens is 365 g/mol. The fraction of sp³-hybridized carbons (Fsp3) is 0.462. The average Bonchev–Trinajstić information content (AvgIpc) is 2.41. The van der Waals surface area contributed by atoms with Gasteiger partial charge in [0.1, 0.15) is 11.4 Å². The summed E-state index contributed by atoms with van der Waals surface area (Å²) >= 11 is 2.96. The minimum atomic E-state index is -4.06. The summed E-state index contributed by atoms with van der Waals surface area (Å²) in [7, 11) is -4.06.